The lowest BCUT2D eigenvalue weighted by molar-refractivity contribution is 0.372. The van der Waals surface area contributed by atoms with Crippen LogP contribution in [0.4, 0.5) is 10.3 Å². The summed E-state index contributed by atoms with van der Waals surface area (Å²) in [5.41, 5.74) is 5.31. The first-order chi connectivity index (χ1) is 8.19. The highest BCUT2D eigenvalue weighted by Gasteiger charge is 2.07. The minimum atomic E-state index is -0.748. The van der Waals surface area contributed by atoms with Crippen LogP contribution in [0.2, 0.25) is 0 Å². The lowest BCUT2D eigenvalue weighted by Gasteiger charge is -2.08. The van der Waals surface area contributed by atoms with E-state index < -0.39 is 5.95 Å². The monoisotopic (exact) mass is 235 g/mol. The van der Waals surface area contributed by atoms with Crippen molar-refractivity contribution in [2.24, 2.45) is 0 Å². The molecule has 17 heavy (non-hydrogen) atoms. The Balaban J connectivity index is 2.31. The van der Waals surface area contributed by atoms with Crippen LogP contribution < -0.4 is 15.2 Å². The van der Waals surface area contributed by atoms with Gasteiger partial charge in [-0.2, -0.15) is 14.4 Å². The van der Waals surface area contributed by atoms with E-state index >= 15 is 0 Å². The van der Waals surface area contributed by atoms with Crippen molar-refractivity contribution in [3.63, 3.8) is 0 Å². The molecule has 0 bridgehead atoms. The number of methoxy groups -OCH3 is 1. The molecule has 0 aliphatic heterocycles. The maximum atomic E-state index is 13.0. The Kier molecular flexibility index (Phi) is 3.04. The third-order valence-electron chi connectivity index (χ3n) is 1.97. The van der Waals surface area contributed by atoms with Gasteiger partial charge >= 0.3 is 0 Å². The molecule has 0 fully saturated rings. The van der Waals surface area contributed by atoms with E-state index in [0.717, 1.165) is 6.07 Å². The highest BCUT2D eigenvalue weighted by atomic mass is 19.1. The molecular weight excluding hydrogens is 225 g/mol. The topological polar surface area (TPSA) is 70.3 Å². The molecule has 6 heteroatoms. The van der Waals surface area contributed by atoms with Crippen LogP contribution in [0, 0.1) is 5.95 Å². The highest BCUT2D eigenvalue weighted by molar-refractivity contribution is 5.41. The lowest BCUT2D eigenvalue weighted by Crippen LogP contribution is -1.99. The number of anilines is 1. The Hall–Kier alpha value is -2.37. The normalized spacial score (nSPS) is 10.0. The second-order valence-corrected chi connectivity index (χ2v) is 3.14. The molecule has 5 nitrogen and oxygen atoms in total. The number of aromatic nitrogens is 2. The van der Waals surface area contributed by atoms with E-state index in [-0.39, 0.29) is 11.8 Å². The van der Waals surface area contributed by atoms with Gasteiger partial charge in [0.15, 0.2) is 11.5 Å². The summed E-state index contributed by atoms with van der Waals surface area (Å²) in [7, 11) is 1.51. The van der Waals surface area contributed by atoms with Crippen LogP contribution in [0.15, 0.2) is 30.3 Å². The highest BCUT2D eigenvalue weighted by Crippen LogP contribution is 2.30. The fourth-order valence-corrected chi connectivity index (χ4v) is 1.28. The van der Waals surface area contributed by atoms with E-state index in [1.807, 2.05) is 0 Å². The maximum absolute atomic E-state index is 13.0. The van der Waals surface area contributed by atoms with Crippen LogP contribution in [0.5, 0.6) is 17.4 Å². The van der Waals surface area contributed by atoms with Crippen LogP contribution in [-0.4, -0.2) is 17.1 Å². The maximum Gasteiger partial charge on any atom is 0.227 e. The van der Waals surface area contributed by atoms with E-state index in [2.05, 4.69) is 9.97 Å². The Bertz CT molecular complexity index is 514. The Morgan fingerprint density at radius 1 is 1.18 bits per heavy atom. The van der Waals surface area contributed by atoms with Gasteiger partial charge in [0, 0.05) is 0 Å². The molecule has 0 aliphatic rings. The zero-order valence-electron chi connectivity index (χ0n) is 9.05. The number of rotatable bonds is 3. The van der Waals surface area contributed by atoms with Crippen molar-refractivity contribution >= 4 is 5.95 Å². The number of hydrogen-bond acceptors (Lipinski definition) is 5. The molecular formula is C11H10FN3O2. The van der Waals surface area contributed by atoms with Crippen LogP contribution in [-0.2, 0) is 0 Å². The van der Waals surface area contributed by atoms with Gasteiger partial charge in [0.1, 0.15) is 0 Å². The zero-order valence-corrected chi connectivity index (χ0v) is 9.05. The average Bonchev–Trinajstić information content (AvgIpc) is 2.28. The number of nitrogen functional groups attached to an aromatic ring is 1. The minimum Gasteiger partial charge on any atom is -0.493 e. The first-order valence-corrected chi connectivity index (χ1v) is 4.80. The molecule has 1 aromatic heterocycles. The first-order valence-electron chi connectivity index (χ1n) is 4.80. The van der Waals surface area contributed by atoms with E-state index in [1.165, 1.54) is 7.11 Å². The Labute approximate surface area is 97.0 Å². The molecule has 0 amide bonds. The molecule has 1 aromatic carbocycles. The number of hydrogen-bond donors (Lipinski definition) is 1. The van der Waals surface area contributed by atoms with Crippen LogP contribution >= 0.6 is 0 Å². The number of benzene rings is 1. The van der Waals surface area contributed by atoms with Crippen molar-refractivity contribution in [1.29, 1.82) is 0 Å². The number of halogens is 1. The summed E-state index contributed by atoms with van der Waals surface area (Å²) < 4.78 is 23.4. The van der Waals surface area contributed by atoms with Gasteiger partial charge in [0.2, 0.25) is 17.8 Å². The molecule has 0 radical (unpaired) electrons. The summed E-state index contributed by atoms with van der Waals surface area (Å²) in [5, 5.41) is 0. The standard InChI is InChI=1S/C11H10FN3O2/c1-16-7-4-2-3-5-8(7)17-10-6-9(12)14-11(13)15-10/h2-6H,1H3,(H2,13,14,15). The zero-order chi connectivity index (χ0) is 12.3. The van der Waals surface area contributed by atoms with E-state index in [1.54, 1.807) is 24.3 Å². The largest absolute Gasteiger partial charge is 0.493 e. The van der Waals surface area contributed by atoms with Crippen LogP contribution in [0.1, 0.15) is 0 Å². The molecule has 0 saturated carbocycles. The molecule has 0 saturated heterocycles. The predicted molar refractivity (Wildman–Crippen MR) is 59.5 cm³/mol. The van der Waals surface area contributed by atoms with E-state index in [0.29, 0.717) is 11.5 Å². The van der Waals surface area contributed by atoms with Gasteiger partial charge in [-0.15, -0.1) is 0 Å². The Morgan fingerprint density at radius 3 is 2.53 bits per heavy atom. The number of nitrogens with zero attached hydrogens (tertiary/aromatic N) is 2. The van der Waals surface area contributed by atoms with E-state index in [9.17, 15) is 4.39 Å². The molecule has 0 unspecified atom stereocenters. The summed E-state index contributed by atoms with van der Waals surface area (Å²) in [5.74, 6) is 0.0365. The van der Waals surface area contributed by atoms with Crippen molar-refractivity contribution in [3.05, 3.63) is 36.3 Å². The third kappa shape index (κ3) is 2.60. The van der Waals surface area contributed by atoms with Crippen LogP contribution in [0.25, 0.3) is 0 Å². The van der Waals surface area contributed by atoms with Gasteiger partial charge in [-0.3, -0.25) is 0 Å². The quantitative estimate of drug-likeness (QED) is 0.824. The van der Waals surface area contributed by atoms with Crippen molar-refractivity contribution in [2.45, 2.75) is 0 Å². The molecule has 0 aliphatic carbocycles. The smallest absolute Gasteiger partial charge is 0.227 e. The first kappa shape index (κ1) is 11.1. The fraction of sp³-hybridized carbons (Fsp3) is 0.0909. The average molecular weight is 235 g/mol. The fourth-order valence-electron chi connectivity index (χ4n) is 1.28. The van der Waals surface area contributed by atoms with Gasteiger partial charge in [0.25, 0.3) is 0 Å². The second kappa shape index (κ2) is 4.65. The molecule has 1 heterocycles. The van der Waals surface area contributed by atoms with Crippen molar-refractivity contribution < 1.29 is 13.9 Å². The van der Waals surface area contributed by atoms with Crippen molar-refractivity contribution in [2.75, 3.05) is 12.8 Å². The molecule has 2 N–H and O–H groups in total. The van der Waals surface area contributed by atoms with Gasteiger partial charge in [-0.05, 0) is 12.1 Å². The van der Waals surface area contributed by atoms with Gasteiger partial charge in [-0.25, -0.2) is 0 Å². The SMILES string of the molecule is COc1ccccc1Oc1cc(F)nc(N)n1. The van der Waals surface area contributed by atoms with E-state index in [4.69, 9.17) is 15.2 Å². The predicted octanol–water partition coefficient (Wildman–Crippen LogP) is 2.00. The molecule has 2 rings (SSSR count). The van der Waals surface area contributed by atoms with Crippen LogP contribution in [0.3, 0.4) is 0 Å². The summed E-state index contributed by atoms with van der Waals surface area (Å²) in [6, 6.07) is 7.99. The van der Waals surface area contributed by atoms with Gasteiger partial charge < -0.3 is 15.2 Å². The third-order valence-corrected chi connectivity index (χ3v) is 1.97. The number of nitrogens with two attached hydrogens (primary N) is 1. The second-order valence-electron chi connectivity index (χ2n) is 3.14. The summed E-state index contributed by atoms with van der Waals surface area (Å²) in [6.45, 7) is 0. The van der Waals surface area contributed by atoms with Gasteiger partial charge in [0.05, 0.1) is 13.2 Å². The lowest BCUT2D eigenvalue weighted by atomic mass is 10.3. The summed E-state index contributed by atoms with van der Waals surface area (Å²) in [6.07, 6.45) is 0. The summed E-state index contributed by atoms with van der Waals surface area (Å²) in [4.78, 5) is 7.06. The Morgan fingerprint density at radius 2 is 1.88 bits per heavy atom. The van der Waals surface area contributed by atoms with Crippen molar-refractivity contribution in [1.82, 2.24) is 9.97 Å². The summed E-state index contributed by atoms with van der Waals surface area (Å²) >= 11 is 0. The number of ether oxygens (including phenoxy) is 2. The molecule has 2 aromatic rings. The van der Waals surface area contributed by atoms with Crippen molar-refractivity contribution in [3.8, 4) is 17.4 Å². The molecule has 88 valence electrons. The molecule has 0 spiro atoms. The van der Waals surface area contributed by atoms with Gasteiger partial charge in [-0.1, -0.05) is 12.1 Å². The minimum absolute atomic E-state index is 0.0273. The molecule has 0 atom stereocenters. The number of para-hydroxylation sites is 2.